The van der Waals surface area contributed by atoms with E-state index in [4.69, 9.17) is 0 Å². The first-order chi connectivity index (χ1) is 11.4. The third-order valence-corrected chi connectivity index (χ3v) is 5.16. The highest BCUT2D eigenvalue weighted by Gasteiger charge is 2.28. The van der Waals surface area contributed by atoms with Crippen molar-refractivity contribution in [2.45, 2.75) is 25.3 Å². The van der Waals surface area contributed by atoms with E-state index in [-0.39, 0.29) is 18.5 Å². The Hall–Kier alpha value is -1.92. The summed E-state index contributed by atoms with van der Waals surface area (Å²) < 4.78 is 25.2. The predicted octanol–water partition coefficient (Wildman–Crippen LogP) is 2.38. The Morgan fingerprint density at radius 2 is 1.92 bits per heavy atom. The molecule has 6 heteroatoms. The molecule has 0 bridgehead atoms. The minimum atomic E-state index is -3.25. The molecule has 1 unspecified atom stereocenters. The monoisotopic (exact) mass is 346 g/mol. The van der Waals surface area contributed by atoms with E-state index in [1.54, 1.807) is 0 Å². The summed E-state index contributed by atoms with van der Waals surface area (Å²) >= 11 is 0. The topological polar surface area (TPSA) is 66.5 Å². The summed E-state index contributed by atoms with van der Waals surface area (Å²) in [5, 5.41) is 2.13. The Morgan fingerprint density at radius 1 is 1.17 bits per heavy atom. The number of fused-ring (bicyclic) bond motifs is 1. The van der Waals surface area contributed by atoms with Crippen LogP contribution in [0.5, 0.6) is 0 Å². The lowest BCUT2D eigenvalue weighted by Gasteiger charge is -2.36. The SMILES string of the molecule is CS(=O)(=O)NCC1CCCCN1C(=O)c1ccc2ccccc2c1. The van der Waals surface area contributed by atoms with Crippen molar-refractivity contribution in [2.75, 3.05) is 19.3 Å². The fraction of sp³-hybridized carbons (Fsp3) is 0.389. The molecule has 2 aromatic carbocycles. The first-order valence-corrected chi connectivity index (χ1v) is 10.1. The Kier molecular flexibility index (Phi) is 4.87. The van der Waals surface area contributed by atoms with Crippen LogP contribution in [0.4, 0.5) is 0 Å². The summed E-state index contributed by atoms with van der Waals surface area (Å²) in [6.45, 7) is 0.944. The van der Waals surface area contributed by atoms with Gasteiger partial charge in [0.15, 0.2) is 0 Å². The molecule has 0 radical (unpaired) electrons. The van der Waals surface area contributed by atoms with Crippen LogP contribution in [0.3, 0.4) is 0 Å². The molecule has 1 amide bonds. The Morgan fingerprint density at radius 3 is 2.67 bits per heavy atom. The first-order valence-electron chi connectivity index (χ1n) is 8.18. The van der Waals surface area contributed by atoms with Gasteiger partial charge in [-0.3, -0.25) is 4.79 Å². The van der Waals surface area contributed by atoms with Gasteiger partial charge in [0.05, 0.1) is 6.26 Å². The van der Waals surface area contributed by atoms with Crippen LogP contribution >= 0.6 is 0 Å². The molecule has 0 spiro atoms. The van der Waals surface area contributed by atoms with Gasteiger partial charge in [0.1, 0.15) is 0 Å². The van der Waals surface area contributed by atoms with E-state index < -0.39 is 10.0 Å². The Labute approximate surface area is 142 Å². The van der Waals surface area contributed by atoms with E-state index in [1.807, 2.05) is 47.4 Å². The number of hydrogen-bond donors (Lipinski definition) is 1. The summed E-state index contributed by atoms with van der Waals surface area (Å²) in [6, 6.07) is 13.6. The van der Waals surface area contributed by atoms with Crippen LogP contribution in [0.15, 0.2) is 42.5 Å². The van der Waals surface area contributed by atoms with Crippen molar-refractivity contribution in [2.24, 2.45) is 0 Å². The molecule has 5 nitrogen and oxygen atoms in total. The van der Waals surface area contributed by atoms with Gasteiger partial charge in [-0.15, -0.1) is 0 Å². The zero-order valence-corrected chi connectivity index (χ0v) is 14.6. The Balaban J connectivity index is 1.82. The van der Waals surface area contributed by atoms with Crippen LogP contribution in [0.25, 0.3) is 10.8 Å². The number of hydrogen-bond acceptors (Lipinski definition) is 3. The molecular weight excluding hydrogens is 324 g/mol. The molecule has 1 N–H and O–H groups in total. The molecule has 24 heavy (non-hydrogen) atoms. The van der Waals surface area contributed by atoms with Crippen molar-refractivity contribution < 1.29 is 13.2 Å². The van der Waals surface area contributed by atoms with Gasteiger partial charge in [-0.2, -0.15) is 0 Å². The standard InChI is InChI=1S/C18H22N2O3S/c1-24(22,23)19-13-17-8-4-5-11-20(17)18(21)16-10-9-14-6-2-3-7-15(14)12-16/h2-3,6-7,9-10,12,17,19H,4-5,8,11,13H2,1H3. The van der Waals surface area contributed by atoms with E-state index in [9.17, 15) is 13.2 Å². The van der Waals surface area contributed by atoms with Crippen molar-refractivity contribution in [1.82, 2.24) is 9.62 Å². The molecule has 128 valence electrons. The molecule has 1 atom stereocenters. The van der Waals surface area contributed by atoms with Crippen molar-refractivity contribution >= 4 is 26.7 Å². The maximum Gasteiger partial charge on any atom is 0.254 e. The normalized spacial score (nSPS) is 18.7. The van der Waals surface area contributed by atoms with Gasteiger partial charge in [-0.1, -0.05) is 30.3 Å². The summed E-state index contributed by atoms with van der Waals surface area (Å²) in [5.74, 6) is -0.0271. The van der Waals surface area contributed by atoms with E-state index in [1.165, 1.54) is 0 Å². The van der Waals surface area contributed by atoms with Gasteiger partial charge in [-0.05, 0) is 42.2 Å². The fourth-order valence-corrected chi connectivity index (χ4v) is 3.71. The third-order valence-electron chi connectivity index (χ3n) is 4.47. The van der Waals surface area contributed by atoms with Gasteiger partial charge in [-0.25, -0.2) is 13.1 Å². The van der Waals surface area contributed by atoms with Crippen molar-refractivity contribution in [3.8, 4) is 0 Å². The molecular formula is C18H22N2O3S. The van der Waals surface area contributed by atoms with Gasteiger partial charge >= 0.3 is 0 Å². The number of amides is 1. The molecule has 0 aliphatic carbocycles. The van der Waals surface area contributed by atoms with Crippen LogP contribution in [0.2, 0.25) is 0 Å². The minimum Gasteiger partial charge on any atom is -0.334 e. The second-order valence-corrected chi connectivity index (χ2v) is 8.16. The van der Waals surface area contributed by atoms with Crippen LogP contribution in [-0.2, 0) is 10.0 Å². The van der Waals surface area contributed by atoms with Crippen LogP contribution in [0.1, 0.15) is 29.6 Å². The smallest absolute Gasteiger partial charge is 0.254 e. The van der Waals surface area contributed by atoms with E-state index in [2.05, 4.69) is 4.72 Å². The molecule has 1 fully saturated rings. The van der Waals surface area contributed by atoms with Crippen LogP contribution in [0, 0.1) is 0 Å². The molecule has 1 heterocycles. The molecule has 1 aliphatic heterocycles. The molecule has 1 aliphatic rings. The summed E-state index contributed by atoms with van der Waals surface area (Å²) in [6.07, 6.45) is 3.93. The van der Waals surface area contributed by atoms with E-state index in [0.717, 1.165) is 36.3 Å². The van der Waals surface area contributed by atoms with Crippen LogP contribution in [-0.4, -0.2) is 44.6 Å². The maximum atomic E-state index is 12.9. The van der Waals surface area contributed by atoms with Gasteiger partial charge in [0.2, 0.25) is 10.0 Å². The lowest BCUT2D eigenvalue weighted by atomic mass is 10.00. The maximum absolute atomic E-state index is 12.9. The Bertz CT molecular complexity index is 848. The number of carbonyl (C=O) groups is 1. The first kappa shape index (κ1) is 16.9. The predicted molar refractivity (Wildman–Crippen MR) is 95.5 cm³/mol. The van der Waals surface area contributed by atoms with E-state index in [0.29, 0.717) is 12.1 Å². The molecule has 2 aromatic rings. The van der Waals surface area contributed by atoms with Crippen molar-refractivity contribution in [3.63, 3.8) is 0 Å². The largest absolute Gasteiger partial charge is 0.334 e. The summed E-state index contributed by atoms with van der Waals surface area (Å²) in [7, 11) is -3.25. The van der Waals surface area contributed by atoms with Crippen molar-refractivity contribution in [1.29, 1.82) is 0 Å². The van der Waals surface area contributed by atoms with Gasteiger partial charge < -0.3 is 4.90 Å². The average Bonchev–Trinajstić information content (AvgIpc) is 2.58. The molecule has 1 saturated heterocycles. The molecule has 0 saturated carbocycles. The van der Waals surface area contributed by atoms with Gasteiger partial charge in [0, 0.05) is 24.7 Å². The minimum absolute atomic E-state index is 0.0271. The number of likely N-dealkylation sites (tertiary alicyclic amines) is 1. The zero-order valence-electron chi connectivity index (χ0n) is 13.7. The number of carbonyl (C=O) groups excluding carboxylic acids is 1. The summed E-state index contributed by atoms with van der Waals surface area (Å²) in [5.41, 5.74) is 0.653. The fourth-order valence-electron chi connectivity index (χ4n) is 3.22. The van der Waals surface area contributed by atoms with E-state index >= 15 is 0 Å². The highest BCUT2D eigenvalue weighted by molar-refractivity contribution is 7.88. The lowest BCUT2D eigenvalue weighted by Crippen LogP contribution is -2.49. The number of nitrogens with one attached hydrogen (secondary N) is 1. The lowest BCUT2D eigenvalue weighted by molar-refractivity contribution is 0.0619. The second-order valence-electron chi connectivity index (χ2n) is 6.33. The van der Waals surface area contributed by atoms with Gasteiger partial charge in [0.25, 0.3) is 5.91 Å². The number of rotatable bonds is 4. The average molecular weight is 346 g/mol. The number of sulfonamides is 1. The molecule has 3 rings (SSSR count). The summed E-state index contributed by atoms with van der Waals surface area (Å²) in [4.78, 5) is 14.7. The number of benzene rings is 2. The van der Waals surface area contributed by atoms with Crippen LogP contribution < -0.4 is 4.72 Å². The zero-order chi connectivity index (χ0) is 17.2. The number of nitrogens with zero attached hydrogens (tertiary/aromatic N) is 1. The highest BCUT2D eigenvalue weighted by atomic mass is 32.2. The highest BCUT2D eigenvalue weighted by Crippen LogP contribution is 2.22. The third kappa shape index (κ3) is 3.94. The van der Waals surface area contributed by atoms with Crippen molar-refractivity contribution in [3.05, 3.63) is 48.0 Å². The number of piperidine rings is 1. The molecule has 0 aromatic heterocycles. The second kappa shape index (κ2) is 6.91. The quantitative estimate of drug-likeness (QED) is 0.924.